The smallest absolute Gasteiger partial charge is 0.428 e. The Morgan fingerprint density at radius 3 is 2.42 bits per heavy atom. The first-order chi connectivity index (χ1) is 15.4. The second kappa shape index (κ2) is 9.62. The molecule has 2 aromatic rings. The van der Waals surface area contributed by atoms with E-state index in [1.54, 1.807) is 26.0 Å². The van der Waals surface area contributed by atoms with Crippen LogP contribution in [0.3, 0.4) is 0 Å². The van der Waals surface area contributed by atoms with Gasteiger partial charge in [0.15, 0.2) is 0 Å². The minimum Gasteiger partial charge on any atom is -0.466 e. The van der Waals surface area contributed by atoms with Crippen molar-refractivity contribution in [2.45, 2.75) is 32.0 Å². The number of hydrogen-bond donors (Lipinski definition) is 2. The number of nitrogens with one attached hydrogen (secondary N) is 2. The summed E-state index contributed by atoms with van der Waals surface area (Å²) < 4.78 is 47.2. The Labute approximate surface area is 197 Å². The fourth-order valence-electron chi connectivity index (χ4n) is 3.22. The van der Waals surface area contributed by atoms with E-state index in [1.807, 2.05) is 0 Å². The summed E-state index contributed by atoms with van der Waals surface area (Å²) in [5.41, 5.74) is 0.472. The molecule has 176 valence electrons. The molecule has 1 aliphatic heterocycles. The number of carbonyl (C=O) groups excluding carboxylic acids is 2. The highest BCUT2D eigenvalue weighted by atomic mass is 35.5. The summed E-state index contributed by atoms with van der Waals surface area (Å²) in [6.07, 6.45) is -4.46. The van der Waals surface area contributed by atoms with Crippen LogP contribution in [0, 0.1) is 6.92 Å². The third kappa shape index (κ3) is 5.43. The zero-order valence-corrected chi connectivity index (χ0v) is 19.0. The highest BCUT2D eigenvalue weighted by Gasteiger charge is 2.59. The Balaban J connectivity index is 1.95. The van der Waals surface area contributed by atoms with E-state index >= 15 is 0 Å². The number of hydroxylamine groups is 1. The van der Waals surface area contributed by atoms with Crippen molar-refractivity contribution in [2.24, 2.45) is 0 Å². The molecule has 1 unspecified atom stereocenters. The van der Waals surface area contributed by atoms with Gasteiger partial charge in [-0.05, 0) is 49.8 Å². The molecule has 2 N–H and O–H groups in total. The molecule has 0 saturated heterocycles. The molecule has 0 aliphatic carbocycles. The highest BCUT2D eigenvalue weighted by Crippen LogP contribution is 2.48. The van der Waals surface area contributed by atoms with E-state index in [4.69, 9.17) is 32.8 Å². The number of aryl methyl sites for hydroxylation is 1. The van der Waals surface area contributed by atoms with Gasteiger partial charge in [-0.2, -0.15) is 13.2 Å². The summed E-state index contributed by atoms with van der Waals surface area (Å²) in [5.74, 6) is -1.30. The van der Waals surface area contributed by atoms with Crippen LogP contribution in [0.2, 0.25) is 10.0 Å². The number of halogens is 5. The first-order valence-corrected chi connectivity index (χ1v) is 10.5. The molecule has 1 aliphatic rings. The second-order valence-corrected chi connectivity index (χ2v) is 8.09. The molecule has 1 heterocycles. The van der Waals surface area contributed by atoms with Crippen molar-refractivity contribution in [1.29, 1.82) is 0 Å². The molecule has 0 fully saturated rings. The maximum atomic E-state index is 14.2. The van der Waals surface area contributed by atoms with E-state index in [0.717, 1.165) is 18.2 Å². The minimum absolute atomic E-state index is 0.0179. The zero-order chi connectivity index (χ0) is 24.4. The van der Waals surface area contributed by atoms with Gasteiger partial charge in [0.05, 0.1) is 12.3 Å². The lowest BCUT2D eigenvalue weighted by Crippen LogP contribution is -2.42. The van der Waals surface area contributed by atoms with Crippen molar-refractivity contribution in [3.05, 3.63) is 69.2 Å². The molecule has 6 nitrogen and oxygen atoms in total. The van der Waals surface area contributed by atoms with Gasteiger partial charge in [-0.25, -0.2) is 0 Å². The van der Waals surface area contributed by atoms with Crippen molar-refractivity contribution in [1.82, 2.24) is 5.48 Å². The maximum absolute atomic E-state index is 14.2. The van der Waals surface area contributed by atoms with E-state index in [9.17, 15) is 22.8 Å². The van der Waals surface area contributed by atoms with Crippen LogP contribution >= 0.6 is 23.2 Å². The molecule has 33 heavy (non-hydrogen) atoms. The molecule has 0 bridgehead atoms. The Morgan fingerprint density at radius 2 is 1.82 bits per heavy atom. The minimum atomic E-state index is -4.85. The van der Waals surface area contributed by atoms with Crippen LogP contribution in [-0.4, -0.2) is 24.7 Å². The number of rotatable bonds is 6. The lowest BCUT2D eigenvalue weighted by atomic mass is 9.91. The van der Waals surface area contributed by atoms with E-state index in [1.165, 1.54) is 12.1 Å². The number of esters is 1. The average molecular weight is 503 g/mol. The van der Waals surface area contributed by atoms with Crippen molar-refractivity contribution in [3.8, 4) is 0 Å². The number of hydrogen-bond acceptors (Lipinski definition) is 5. The van der Waals surface area contributed by atoms with Crippen LogP contribution in [0.5, 0.6) is 0 Å². The van der Waals surface area contributed by atoms with Crippen LogP contribution in [0.15, 0.2) is 42.5 Å². The fraction of sp³-hybridized carbons (Fsp3) is 0.273. The molecule has 0 spiro atoms. The van der Waals surface area contributed by atoms with E-state index in [-0.39, 0.29) is 27.9 Å². The molecule has 0 radical (unpaired) electrons. The summed E-state index contributed by atoms with van der Waals surface area (Å²) >= 11 is 11.8. The lowest BCUT2D eigenvalue weighted by molar-refractivity contribution is -0.269. The highest BCUT2D eigenvalue weighted by molar-refractivity contribution is 6.34. The number of alkyl halides is 3. The van der Waals surface area contributed by atoms with Crippen LogP contribution in [0.4, 0.5) is 18.9 Å². The third-order valence-corrected chi connectivity index (χ3v) is 5.25. The number of ether oxygens (including phenoxy) is 1. The number of benzene rings is 2. The van der Waals surface area contributed by atoms with Crippen LogP contribution in [0.1, 0.15) is 30.0 Å². The molecule has 2 aromatic carbocycles. The Kier molecular flexibility index (Phi) is 7.26. The summed E-state index contributed by atoms with van der Waals surface area (Å²) in [6, 6.07) is 8.21. The van der Waals surface area contributed by atoms with Gasteiger partial charge in [0.1, 0.15) is 6.42 Å². The number of amides is 1. The predicted molar refractivity (Wildman–Crippen MR) is 117 cm³/mol. The Bertz CT molecular complexity index is 1100. The molecular formula is C22H19Cl2F3N2O4. The summed E-state index contributed by atoms with van der Waals surface area (Å²) in [4.78, 5) is 28.7. The molecular weight excluding hydrogens is 484 g/mol. The summed E-state index contributed by atoms with van der Waals surface area (Å²) in [5, 5.41) is 2.61. The van der Waals surface area contributed by atoms with E-state index in [2.05, 4.69) is 10.8 Å². The monoisotopic (exact) mass is 502 g/mol. The molecule has 1 atom stereocenters. The Hall–Kier alpha value is -2.75. The molecule has 1 amide bonds. The van der Waals surface area contributed by atoms with Gasteiger partial charge in [-0.1, -0.05) is 35.3 Å². The van der Waals surface area contributed by atoms with Crippen molar-refractivity contribution in [2.75, 3.05) is 11.9 Å². The van der Waals surface area contributed by atoms with Crippen molar-refractivity contribution >= 4 is 46.5 Å². The summed E-state index contributed by atoms with van der Waals surface area (Å²) in [7, 11) is 0. The van der Waals surface area contributed by atoms with Gasteiger partial charge < -0.3 is 10.1 Å². The third-order valence-electron chi connectivity index (χ3n) is 4.81. The second-order valence-electron chi connectivity index (χ2n) is 7.21. The molecule has 0 saturated carbocycles. The van der Waals surface area contributed by atoms with Gasteiger partial charge in [0.25, 0.3) is 0 Å². The maximum Gasteiger partial charge on any atom is 0.428 e. The summed E-state index contributed by atoms with van der Waals surface area (Å²) in [6.45, 7) is 3.45. The SMILES string of the molecule is CCOC(=O)CC(=O)Nc1cc(C2=CC(c3cc(Cl)cc(Cl)c3)(C(F)(F)F)ON2)ccc1C. The lowest BCUT2D eigenvalue weighted by Gasteiger charge is -2.28. The predicted octanol–water partition coefficient (Wildman–Crippen LogP) is 5.53. The standard InChI is InChI=1S/C22H19Cl2F3N2O4/c1-3-32-20(31)10-19(30)28-17-6-13(5-4-12(17)2)18-11-21(33-29-18,22(25,26)27)14-7-15(23)9-16(24)8-14/h4-9,11,29H,3,10H2,1-2H3,(H,28,30). The van der Waals surface area contributed by atoms with Crippen LogP contribution in [-0.2, 0) is 24.8 Å². The van der Waals surface area contributed by atoms with Gasteiger partial charge >= 0.3 is 12.1 Å². The first-order valence-electron chi connectivity index (χ1n) is 9.72. The van der Waals surface area contributed by atoms with Crippen molar-refractivity contribution < 1.29 is 32.3 Å². The topological polar surface area (TPSA) is 76.7 Å². The van der Waals surface area contributed by atoms with Gasteiger partial charge in [-0.15, -0.1) is 0 Å². The van der Waals surface area contributed by atoms with E-state index < -0.39 is 30.1 Å². The van der Waals surface area contributed by atoms with Crippen LogP contribution in [0.25, 0.3) is 5.70 Å². The molecule has 0 aromatic heterocycles. The van der Waals surface area contributed by atoms with Crippen LogP contribution < -0.4 is 10.8 Å². The normalized spacial score (nSPS) is 17.8. The average Bonchev–Trinajstić information content (AvgIpc) is 3.16. The number of anilines is 1. The van der Waals surface area contributed by atoms with Gasteiger partial charge in [0.2, 0.25) is 11.5 Å². The van der Waals surface area contributed by atoms with Gasteiger partial charge in [-0.3, -0.25) is 19.9 Å². The quantitative estimate of drug-likeness (QED) is 0.401. The molecule has 11 heteroatoms. The van der Waals surface area contributed by atoms with Crippen molar-refractivity contribution in [3.63, 3.8) is 0 Å². The van der Waals surface area contributed by atoms with Gasteiger partial charge in [0, 0.05) is 26.9 Å². The zero-order valence-electron chi connectivity index (χ0n) is 17.5. The Morgan fingerprint density at radius 1 is 1.15 bits per heavy atom. The van der Waals surface area contributed by atoms with E-state index in [0.29, 0.717) is 16.8 Å². The first kappa shape index (κ1) is 24.9. The fourth-order valence-corrected chi connectivity index (χ4v) is 3.74. The molecule has 3 rings (SSSR count). The number of carbonyl (C=O) groups is 2. The largest absolute Gasteiger partial charge is 0.466 e.